The molecule has 1 fully saturated rings. The summed E-state index contributed by atoms with van der Waals surface area (Å²) >= 11 is 5.51. The summed E-state index contributed by atoms with van der Waals surface area (Å²) in [6.45, 7) is 5.73. The van der Waals surface area contributed by atoms with Gasteiger partial charge in [-0.3, -0.25) is 4.79 Å². The van der Waals surface area contributed by atoms with E-state index >= 15 is 0 Å². The summed E-state index contributed by atoms with van der Waals surface area (Å²) in [5, 5.41) is 6.80. The van der Waals surface area contributed by atoms with Crippen molar-refractivity contribution < 1.29 is 14.1 Å². The second kappa shape index (κ2) is 8.92. The largest absolute Gasteiger partial charge is 0.338 e. The van der Waals surface area contributed by atoms with Crippen molar-refractivity contribution in [1.82, 2.24) is 4.90 Å². The fourth-order valence-electron chi connectivity index (χ4n) is 3.01. The fraction of sp³-hybridized carbons (Fsp3) is 0.300. The minimum Gasteiger partial charge on any atom is -0.338 e. The van der Waals surface area contributed by atoms with E-state index in [0.29, 0.717) is 17.3 Å². The molecule has 1 aliphatic heterocycles. The molecule has 0 spiro atoms. The number of nitrogens with one attached hydrogen (secondary N) is 3. The summed E-state index contributed by atoms with van der Waals surface area (Å²) < 4.78 is 12.9. The Labute approximate surface area is 164 Å². The molecule has 0 radical (unpaired) electrons. The number of anilines is 2. The number of amides is 1. The van der Waals surface area contributed by atoms with Crippen molar-refractivity contribution in [3.8, 4) is 0 Å². The monoisotopic (exact) mass is 387 g/mol. The van der Waals surface area contributed by atoms with Crippen LogP contribution in [0.3, 0.4) is 0 Å². The van der Waals surface area contributed by atoms with Gasteiger partial charge in [0.15, 0.2) is 11.7 Å². The van der Waals surface area contributed by atoms with Gasteiger partial charge in [-0.25, -0.2) is 4.39 Å². The Bertz CT molecular complexity index is 787. The second-order valence-corrected chi connectivity index (χ2v) is 7.15. The van der Waals surface area contributed by atoms with E-state index in [9.17, 15) is 9.18 Å². The summed E-state index contributed by atoms with van der Waals surface area (Å²) in [5.74, 6) is -0.379. The van der Waals surface area contributed by atoms with Crippen LogP contribution in [0.15, 0.2) is 48.5 Å². The number of carbonyl (C=O) groups is 1. The zero-order valence-corrected chi connectivity index (χ0v) is 16.1. The summed E-state index contributed by atoms with van der Waals surface area (Å²) in [6, 6.07) is 13.9. The lowest BCUT2D eigenvalue weighted by Crippen LogP contribution is -3.15. The maximum atomic E-state index is 12.9. The number of rotatable bonds is 4. The van der Waals surface area contributed by atoms with Crippen LogP contribution in [0.5, 0.6) is 0 Å². The molecule has 1 amide bonds. The summed E-state index contributed by atoms with van der Waals surface area (Å²) in [7, 11) is 0. The molecule has 3 N–H and O–H groups in total. The average Bonchev–Trinajstić information content (AvgIpc) is 2.66. The Kier molecular flexibility index (Phi) is 6.36. The molecule has 1 heterocycles. The molecule has 27 heavy (non-hydrogen) atoms. The molecule has 1 aliphatic rings. The van der Waals surface area contributed by atoms with Crippen molar-refractivity contribution in [3.05, 3.63) is 59.9 Å². The van der Waals surface area contributed by atoms with E-state index in [1.807, 2.05) is 24.3 Å². The van der Waals surface area contributed by atoms with Crippen molar-refractivity contribution in [3.63, 3.8) is 0 Å². The number of aryl methyl sites for hydroxylation is 1. The number of benzene rings is 2. The van der Waals surface area contributed by atoms with Crippen LogP contribution in [-0.2, 0) is 4.79 Å². The van der Waals surface area contributed by atoms with E-state index in [-0.39, 0.29) is 11.7 Å². The van der Waals surface area contributed by atoms with Gasteiger partial charge in [0.1, 0.15) is 5.82 Å². The maximum absolute atomic E-state index is 12.9. The van der Waals surface area contributed by atoms with E-state index in [1.165, 1.54) is 22.6 Å². The highest BCUT2D eigenvalue weighted by Crippen LogP contribution is 2.10. The Morgan fingerprint density at radius 2 is 1.59 bits per heavy atom. The van der Waals surface area contributed by atoms with Gasteiger partial charge in [0.25, 0.3) is 5.91 Å². The SMILES string of the molecule is Cc1ccc(NC(=S)N2CC[NH+](CC(=O)Nc3ccc(F)cc3)CC2)cc1. The normalized spacial score (nSPS) is 14.7. The van der Waals surface area contributed by atoms with E-state index in [4.69, 9.17) is 12.2 Å². The van der Waals surface area contributed by atoms with Crippen molar-refractivity contribution in [2.75, 3.05) is 43.4 Å². The Morgan fingerprint density at radius 1 is 1.04 bits per heavy atom. The zero-order chi connectivity index (χ0) is 19.2. The molecule has 142 valence electrons. The predicted molar refractivity (Wildman–Crippen MR) is 110 cm³/mol. The van der Waals surface area contributed by atoms with Crippen molar-refractivity contribution in [1.29, 1.82) is 0 Å². The van der Waals surface area contributed by atoms with Gasteiger partial charge in [-0.05, 0) is 55.5 Å². The molecule has 1 saturated heterocycles. The number of thiocarbonyl (C=S) groups is 1. The lowest BCUT2D eigenvalue weighted by Gasteiger charge is -2.33. The molecule has 5 nitrogen and oxygen atoms in total. The van der Waals surface area contributed by atoms with E-state index < -0.39 is 0 Å². The molecule has 2 aromatic rings. The predicted octanol–water partition coefficient (Wildman–Crippen LogP) is 1.67. The lowest BCUT2D eigenvalue weighted by molar-refractivity contribution is -0.895. The van der Waals surface area contributed by atoms with Gasteiger partial charge in [-0.1, -0.05) is 17.7 Å². The second-order valence-electron chi connectivity index (χ2n) is 6.77. The third-order valence-electron chi connectivity index (χ3n) is 4.60. The quantitative estimate of drug-likeness (QED) is 0.699. The van der Waals surface area contributed by atoms with Crippen LogP contribution in [0.4, 0.5) is 15.8 Å². The fourth-order valence-corrected chi connectivity index (χ4v) is 3.31. The number of piperazine rings is 1. The molecule has 0 unspecified atom stereocenters. The van der Waals surface area contributed by atoms with E-state index in [0.717, 1.165) is 31.9 Å². The van der Waals surface area contributed by atoms with E-state index in [1.54, 1.807) is 12.1 Å². The van der Waals surface area contributed by atoms with Gasteiger partial charge in [-0.15, -0.1) is 0 Å². The summed E-state index contributed by atoms with van der Waals surface area (Å²) in [6.07, 6.45) is 0. The minimum atomic E-state index is -0.315. The molecule has 3 rings (SSSR count). The number of quaternary nitrogens is 1. The topological polar surface area (TPSA) is 48.8 Å². The Morgan fingerprint density at radius 3 is 2.22 bits per heavy atom. The molecule has 0 bridgehead atoms. The van der Waals surface area contributed by atoms with Crippen LogP contribution in [0.2, 0.25) is 0 Å². The molecule has 0 aromatic heterocycles. The summed E-state index contributed by atoms with van der Waals surface area (Å²) in [4.78, 5) is 15.5. The van der Waals surface area contributed by atoms with E-state index in [2.05, 4.69) is 22.5 Å². The molecule has 0 saturated carbocycles. The molecule has 7 heteroatoms. The van der Waals surface area contributed by atoms with Crippen LogP contribution in [0, 0.1) is 12.7 Å². The molecular formula is C20H24FN4OS+. The third-order valence-corrected chi connectivity index (χ3v) is 4.96. The first kappa shape index (κ1) is 19.3. The van der Waals surface area contributed by atoms with Crippen LogP contribution in [-0.4, -0.2) is 48.6 Å². The van der Waals surface area contributed by atoms with Crippen LogP contribution >= 0.6 is 12.2 Å². The van der Waals surface area contributed by atoms with Gasteiger partial charge in [0, 0.05) is 11.4 Å². The molecule has 2 aromatic carbocycles. The van der Waals surface area contributed by atoms with Gasteiger partial charge in [0.2, 0.25) is 0 Å². The number of halogens is 1. The number of carbonyl (C=O) groups excluding carboxylic acids is 1. The van der Waals surface area contributed by atoms with Crippen LogP contribution in [0.1, 0.15) is 5.56 Å². The van der Waals surface area contributed by atoms with Gasteiger partial charge in [-0.2, -0.15) is 0 Å². The lowest BCUT2D eigenvalue weighted by atomic mass is 10.2. The van der Waals surface area contributed by atoms with Crippen molar-refractivity contribution in [2.24, 2.45) is 0 Å². The first-order valence-corrected chi connectivity index (χ1v) is 9.42. The van der Waals surface area contributed by atoms with Gasteiger partial charge in [0.05, 0.1) is 26.2 Å². The Balaban J connectivity index is 1.42. The average molecular weight is 388 g/mol. The van der Waals surface area contributed by atoms with Gasteiger partial charge >= 0.3 is 0 Å². The summed E-state index contributed by atoms with van der Waals surface area (Å²) in [5.41, 5.74) is 2.81. The highest BCUT2D eigenvalue weighted by atomic mass is 32.1. The number of hydrogen-bond donors (Lipinski definition) is 3. The molecular weight excluding hydrogens is 363 g/mol. The number of hydrogen-bond acceptors (Lipinski definition) is 2. The molecule has 0 aliphatic carbocycles. The first-order valence-electron chi connectivity index (χ1n) is 9.01. The van der Waals surface area contributed by atoms with Crippen LogP contribution < -0.4 is 15.5 Å². The zero-order valence-electron chi connectivity index (χ0n) is 15.3. The molecule has 0 atom stereocenters. The smallest absolute Gasteiger partial charge is 0.279 e. The van der Waals surface area contributed by atoms with Crippen molar-refractivity contribution >= 4 is 34.6 Å². The van der Waals surface area contributed by atoms with Crippen LogP contribution in [0.25, 0.3) is 0 Å². The highest BCUT2D eigenvalue weighted by Gasteiger charge is 2.23. The standard InChI is InChI=1S/C20H23FN4OS/c1-15-2-6-18(7-3-15)23-20(27)25-12-10-24(11-13-25)14-19(26)22-17-8-4-16(21)5-9-17/h2-9H,10-14H2,1H3,(H,22,26)(H,23,27)/p+1. The maximum Gasteiger partial charge on any atom is 0.279 e. The van der Waals surface area contributed by atoms with Crippen molar-refractivity contribution in [2.45, 2.75) is 6.92 Å². The first-order chi connectivity index (χ1) is 13.0. The highest BCUT2D eigenvalue weighted by molar-refractivity contribution is 7.80. The third kappa shape index (κ3) is 5.74. The Hall–Kier alpha value is -2.51. The number of nitrogens with zero attached hydrogens (tertiary/aromatic N) is 1. The minimum absolute atomic E-state index is 0.0644. The van der Waals surface area contributed by atoms with Gasteiger partial charge < -0.3 is 20.4 Å².